The smallest absolute Gasteiger partial charge is 0.306 e. The van der Waals surface area contributed by atoms with Crippen LogP contribution < -0.4 is 0 Å². The minimum atomic E-state index is -0.796. The summed E-state index contributed by atoms with van der Waals surface area (Å²) in [6.07, 6.45) is 65.3. The topological polar surface area (TPSA) is 78.9 Å². The molecule has 0 saturated heterocycles. The van der Waals surface area contributed by atoms with Gasteiger partial charge in [0.2, 0.25) is 0 Å². The van der Waals surface area contributed by atoms with Crippen LogP contribution in [0, 0.1) is 0 Å². The van der Waals surface area contributed by atoms with E-state index in [4.69, 9.17) is 14.2 Å². The summed E-state index contributed by atoms with van der Waals surface area (Å²) >= 11 is 0. The average Bonchev–Trinajstić information content (AvgIpc) is 3.27. The monoisotopic (exact) mass is 861 g/mol. The van der Waals surface area contributed by atoms with E-state index in [9.17, 15) is 14.4 Å². The van der Waals surface area contributed by atoms with Crippen molar-refractivity contribution in [3.63, 3.8) is 0 Å². The predicted octanol–water partition coefficient (Wildman–Crippen LogP) is 16.6. The van der Waals surface area contributed by atoms with Gasteiger partial charge in [-0.25, -0.2) is 0 Å². The first-order valence-corrected chi connectivity index (χ1v) is 25.2. The molecule has 0 bridgehead atoms. The molecule has 0 saturated carbocycles. The molecule has 0 rings (SSSR count). The molecule has 352 valence electrons. The van der Waals surface area contributed by atoms with Crippen molar-refractivity contribution < 1.29 is 28.6 Å². The molecule has 6 heteroatoms. The highest BCUT2D eigenvalue weighted by Gasteiger charge is 2.19. The Morgan fingerprint density at radius 2 is 0.629 bits per heavy atom. The molecule has 0 aromatic carbocycles. The van der Waals surface area contributed by atoms with Gasteiger partial charge in [-0.15, -0.1) is 0 Å². The van der Waals surface area contributed by atoms with Crippen molar-refractivity contribution >= 4 is 17.9 Å². The quantitative estimate of drug-likeness (QED) is 0.0263. The molecule has 6 nitrogen and oxygen atoms in total. The van der Waals surface area contributed by atoms with Gasteiger partial charge in [-0.05, 0) is 109 Å². The van der Waals surface area contributed by atoms with Gasteiger partial charge >= 0.3 is 17.9 Å². The summed E-state index contributed by atoms with van der Waals surface area (Å²) in [6, 6.07) is 0. The highest BCUT2D eigenvalue weighted by atomic mass is 16.6. The molecule has 0 amide bonds. The molecular weight excluding hydrogens is 769 g/mol. The van der Waals surface area contributed by atoms with Gasteiger partial charge in [0.15, 0.2) is 6.10 Å². The molecule has 1 atom stereocenters. The minimum absolute atomic E-state index is 0.0952. The first-order chi connectivity index (χ1) is 30.5. The minimum Gasteiger partial charge on any atom is -0.462 e. The van der Waals surface area contributed by atoms with Gasteiger partial charge in [0, 0.05) is 19.3 Å². The van der Waals surface area contributed by atoms with Crippen molar-refractivity contribution in [2.75, 3.05) is 13.2 Å². The van der Waals surface area contributed by atoms with Crippen LogP contribution in [0.4, 0.5) is 0 Å². The molecule has 0 heterocycles. The van der Waals surface area contributed by atoms with E-state index in [-0.39, 0.29) is 31.1 Å². The van der Waals surface area contributed by atoms with E-state index in [2.05, 4.69) is 118 Å². The second-order valence-electron chi connectivity index (χ2n) is 16.3. The van der Waals surface area contributed by atoms with Crippen molar-refractivity contribution in [1.82, 2.24) is 0 Å². The average molecular weight is 861 g/mol. The zero-order chi connectivity index (χ0) is 45.1. The van der Waals surface area contributed by atoms with E-state index >= 15 is 0 Å². The van der Waals surface area contributed by atoms with Gasteiger partial charge in [-0.3, -0.25) is 14.4 Å². The molecule has 0 fully saturated rings. The number of allylic oxidation sites excluding steroid dienone is 16. The Kier molecular flexibility index (Phi) is 47.0. The lowest BCUT2D eigenvalue weighted by molar-refractivity contribution is -0.167. The standard InChI is InChI=1S/C56H92O6/c1-4-7-10-13-16-19-22-24-26-27-28-29-31-32-34-37-40-43-46-49-55(58)61-52-53(51-60-54(57)48-45-42-39-36-21-18-15-12-9-6-3)62-56(59)50-47-44-41-38-35-33-30-25-23-20-17-14-11-8-5-2/h7-8,10-12,15-17,19-20,24-26,28-30,53H,4-6,9,13-14,18,21-23,27,31-52H2,1-3H3/b10-7-,11-8-,15-12-,19-16-,20-17-,26-24-,29-28-,30-25-. The Morgan fingerprint density at radius 1 is 0.339 bits per heavy atom. The van der Waals surface area contributed by atoms with Crippen LogP contribution in [0.2, 0.25) is 0 Å². The largest absolute Gasteiger partial charge is 0.462 e. The number of carbonyl (C=O) groups excluding carboxylic acids is 3. The Morgan fingerprint density at radius 3 is 1.00 bits per heavy atom. The third kappa shape index (κ3) is 47.4. The van der Waals surface area contributed by atoms with Crippen molar-refractivity contribution in [1.29, 1.82) is 0 Å². The number of rotatable bonds is 44. The zero-order valence-electron chi connectivity index (χ0n) is 40.1. The summed E-state index contributed by atoms with van der Waals surface area (Å²) < 4.78 is 16.7. The maximum absolute atomic E-state index is 12.8. The highest BCUT2D eigenvalue weighted by Crippen LogP contribution is 2.13. The number of esters is 3. The van der Waals surface area contributed by atoms with E-state index in [1.807, 2.05) is 0 Å². The summed E-state index contributed by atoms with van der Waals surface area (Å²) in [6.45, 7) is 6.30. The fourth-order valence-corrected chi connectivity index (χ4v) is 6.57. The highest BCUT2D eigenvalue weighted by molar-refractivity contribution is 5.71. The van der Waals surface area contributed by atoms with E-state index in [0.717, 1.165) is 154 Å². The van der Waals surface area contributed by atoms with Crippen LogP contribution in [0.15, 0.2) is 97.2 Å². The van der Waals surface area contributed by atoms with Gasteiger partial charge in [0.05, 0.1) is 0 Å². The summed E-state index contributed by atoms with van der Waals surface area (Å²) in [4.78, 5) is 37.9. The molecular formula is C56H92O6. The van der Waals surface area contributed by atoms with Crippen molar-refractivity contribution in [3.05, 3.63) is 97.2 Å². The Hall–Kier alpha value is -3.67. The van der Waals surface area contributed by atoms with Crippen LogP contribution in [-0.4, -0.2) is 37.2 Å². The predicted molar refractivity (Wildman–Crippen MR) is 265 cm³/mol. The number of hydrogen-bond acceptors (Lipinski definition) is 6. The number of ether oxygens (including phenoxy) is 3. The first kappa shape index (κ1) is 58.3. The van der Waals surface area contributed by atoms with Gasteiger partial charge < -0.3 is 14.2 Å². The van der Waals surface area contributed by atoms with E-state index in [1.54, 1.807) is 0 Å². The van der Waals surface area contributed by atoms with Crippen molar-refractivity contribution in [2.24, 2.45) is 0 Å². The molecule has 0 spiro atoms. The lowest BCUT2D eigenvalue weighted by Crippen LogP contribution is -2.30. The van der Waals surface area contributed by atoms with Gasteiger partial charge in [-0.1, -0.05) is 189 Å². The summed E-state index contributed by atoms with van der Waals surface area (Å²) in [7, 11) is 0. The normalized spacial score (nSPS) is 12.9. The zero-order valence-corrected chi connectivity index (χ0v) is 40.1. The van der Waals surface area contributed by atoms with Crippen LogP contribution >= 0.6 is 0 Å². The number of carbonyl (C=O) groups is 3. The molecule has 0 N–H and O–H groups in total. The van der Waals surface area contributed by atoms with Crippen molar-refractivity contribution in [3.8, 4) is 0 Å². The van der Waals surface area contributed by atoms with Gasteiger partial charge in [-0.2, -0.15) is 0 Å². The number of hydrogen-bond donors (Lipinski definition) is 0. The maximum atomic E-state index is 12.8. The van der Waals surface area contributed by atoms with Gasteiger partial charge in [0.1, 0.15) is 13.2 Å². The lowest BCUT2D eigenvalue weighted by atomic mass is 10.1. The SMILES string of the molecule is CC/C=C\C/C=C\C/C=C\C/C=C\CCCCCCCCC(=O)OCC(COC(=O)CCCCCCC/C=C\CCC)OC(=O)CCCCCCC/C=C\C/C=C\C/C=C\CC. The first-order valence-electron chi connectivity index (χ1n) is 25.2. The van der Waals surface area contributed by atoms with Crippen LogP contribution in [0.25, 0.3) is 0 Å². The van der Waals surface area contributed by atoms with E-state index < -0.39 is 6.10 Å². The van der Waals surface area contributed by atoms with Crippen LogP contribution in [0.3, 0.4) is 0 Å². The lowest BCUT2D eigenvalue weighted by Gasteiger charge is -2.18. The molecule has 0 aromatic rings. The molecule has 0 aliphatic carbocycles. The molecule has 0 radical (unpaired) electrons. The molecule has 0 aromatic heterocycles. The molecule has 0 aliphatic rings. The van der Waals surface area contributed by atoms with E-state index in [1.165, 1.54) is 25.7 Å². The Labute approximate surface area is 381 Å². The molecule has 0 aliphatic heterocycles. The molecule has 62 heavy (non-hydrogen) atoms. The van der Waals surface area contributed by atoms with Crippen molar-refractivity contribution in [2.45, 2.75) is 226 Å². The fourth-order valence-electron chi connectivity index (χ4n) is 6.57. The Balaban J connectivity index is 4.41. The second kappa shape index (κ2) is 50.0. The maximum Gasteiger partial charge on any atom is 0.306 e. The van der Waals surface area contributed by atoms with E-state index in [0.29, 0.717) is 19.3 Å². The third-order valence-electron chi connectivity index (χ3n) is 10.3. The van der Waals surface area contributed by atoms with Crippen LogP contribution in [0.5, 0.6) is 0 Å². The summed E-state index contributed by atoms with van der Waals surface area (Å²) in [5.41, 5.74) is 0. The summed E-state index contributed by atoms with van der Waals surface area (Å²) in [5, 5.41) is 0. The third-order valence-corrected chi connectivity index (χ3v) is 10.3. The van der Waals surface area contributed by atoms with Crippen LogP contribution in [-0.2, 0) is 28.6 Å². The molecule has 1 unspecified atom stereocenters. The van der Waals surface area contributed by atoms with Crippen LogP contribution in [0.1, 0.15) is 220 Å². The second-order valence-corrected chi connectivity index (χ2v) is 16.3. The fraction of sp³-hybridized carbons (Fsp3) is 0.661. The van der Waals surface area contributed by atoms with Gasteiger partial charge in [0.25, 0.3) is 0 Å². The Bertz CT molecular complexity index is 1260. The number of unbranched alkanes of at least 4 members (excludes halogenated alkanes) is 17. The summed E-state index contributed by atoms with van der Waals surface area (Å²) in [5.74, 6) is -0.942.